The normalized spacial score (nSPS) is 14.7. The first-order chi connectivity index (χ1) is 7.40. The topological polar surface area (TPSA) is 55.5 Å². The van der Waals surface area contributed by atoms with Crippen LogP contribution in [-0.2, 0) is 0 Å². The maximum absolute atomic E-state index is 13.9. The molecule has 3 N–H and O–H groups in total. The van der Waals surface area contributed by atoms with Crippen molar-refractivity contribution in [1.29, 1.82) is 0 Å². The van der Waals surface area contributed by atoms with Gasteiger partial charge in [0, 0.05) is 6.04 Å². The quantitative estimate of drug-likeness (QED) is 0.828. The van der Waals surface area contributed by atoms with Gasteiger partial charge in [-0.15, -0.1) is 0 Å². The zero-order chi connectivity index (χ0) is 12.5. The Morgan fingerprint density at radius 2 is 1.94 bits per heavy atom. The third-order valence-electron chi connectivity index (χ3n) is 2.62. The molecule has 1 aromatic rings. The lowest BCUT2D eigenvalue weighted by molar-refractivity contribution is 0.144. The third kappa shape index (κ3) is 2.18. The molecule has 0 saturated carbocycles. The first kappa shape index (κ1) is 12.9. The van der Waals surface area contributed by atoms with E-state index in [0.717, 1.165) is 5.56 Å². The molecule has 0 aliphatic heterocycles. The molecule has 0 aliphatic rings. The molecule has 4 heteroatoms. The van der Waals surface area contributed by atoms with Crippen molar-refractivity contribution in [2.24, 2.45) is 5.73 Å². The molecule has 0 fully saturated rings. The number of ether oxygens (including phenoxy) is 1. The summed E-state index contributed by atoms with van der Waals surface area (Å²) in [5, 5.41) is 9.89. The van der Waals surface area contributed by atoms with E-state index < -0.39 is 18.0 Å². The SMILES string of the molecule is COc1c(C)cc(C)c(F)c1C(O)C(C)N. The molecule has 90 valence electrons. The highest BCUT2D eigenvalue weighted by atomic mass is 19.1. The summed E-state index contributed by atoms with van der Waals surface area (Å²) < 4.78 is 19.1. The fraction of sp³-hybridized carbons (Fsp3) is 0.500. The molecule has 0 spiro atoms. The number of rotatable bonds is 3. The monoisotopic (exact) mass is 227 g/mol. The predicted molar refractivity (Wildman–Crippen MR) is 61.0 cm³/mol. The lowest BCUT2D eigenvalue weighted by Gasteiger charge is -2.21. The second-order valence-electron chi connectivity index (χ2n) is 4.08. The summed E-state index contributed by atoms with van der Waals surface area (Å²) in [6.07, 6.45) is -1.06. The van der Waals surface area contributed by atoms with Gasteiger partial charge < -0.3 is 15.6 Å². The van der Waals surface area contributed by atoms with Crippen LogP contribution < -0.4 is 10.5 Å². The molecule has 1 rings (SSSR count). The van der Waals surface area contributed by atoms with Crippen LogP contribution in [0.1, 0.15) is 29.7 Å². The van der Waals surface area contributed by atoms with E-state index in [4.69, 9.17) is 10.5 Å². The first-order valence-corrected chi connectivity index (χ1v) is 5.17. The molecule has 0 bridgehead atoms. The van der Waals surface area contributed by atoms with Gasteiger partial charge in [0.15, 0.2) is 0 Å². The first-order valence-electron chi connectivity index (χ1n) is 5.17. The summed E-state index contributed by atoms with van der Waals surface area (Å²) in [7, 11) is 1.45. The summed E-state index contributed by atoms with van der Waals surface area (Å²) in [5.41, 5.74) is 7.00. The minimum Gasteiger partial charge on any atom is -0.496 e. The average Bonchev–Trinajstić information content (AvgIpc) is 2.21. The van der Waals surface area contributed by atoms with E-state index in [1.165, 1.54) is 7.11 Å². The highest BCUT2D eigenvalue weighted by Crippen LogP contribution is 2.34. The standard InChI is InChI=1S/C12H18FNO2/c1-6-5-7(2)12(16-4)9(10(6)13)11(15)8(3)14/h5,8,11,15H,14H2,1-4H3. The lowest BCUT2D eigenvalue weighted by atomic mass is 9.97. The van der Waals surface area contributed by atoms with Gasteiger partial charge in [0.05, 0.1) is 12.7 Å². The van der Waals surface area contributed by atoms with E-state index in [2.05, 4.69) is 0 Å². The van der Waals surface area contributed by atoms with Crippen LogP contribution in [0.5, 0.6) is 5.75 Å². The van der Waals surface area contributed by atoms with Gasteiger partial charge in [-0.3, -0.25) is 0 Å². The van der Waals surface area contributed by atoms with Crippen LogP contribution in [0.3, 0.4) is 0 Å². The summed E-state index contributed by atoms with van der Waals surface area (Å²) in [5.74, 6) is -0.0832. The summed E-state index contributed by atoms with van der Waals surface area (Å²) in [4.78, 5) is 0. The molecule has 0 aliphatic carbocycles. The van der Waals surface area contributed by atoms with Crippen LogP contribution in [0.2, 0.25) is 0 Å². The molecule has 1 aromatic carbocycles. The van der Waals surface area contributed by atoms with Crippen molar-refractivity contribution in [1.82, 2.24) is 0 Å². The summed E-state index contributed by atoms with van der Waals surface area (Å²) in [6, 6.07) is 1.13. The van der Waals surface area contributed by atoms with Crippen LogP contribution in [0.15, 0.2) is 6.07 Å². The van der Waals surface area contributed by atoms with E-state index >= 15 is 0 Å². The van der Waals surface area contributed by atoms with E-state index in [-0.39, 0.29) is 5.56 Å². The Labute approximate surface area is 95.0 Å². The van der Waals surface area contributed by atoms with Gasteiger partial charge in [-0.05, 0) is 38.0 Å². The molecule has 0 aromatic heterocycles. The molecule has 3 nitrogen and oxygen atoms in total. The Hall–Kier alpha value is -1.13. The molecule has 0 heterocycles. The fourth-order valence-electron chi connectivity index (χ4n) is 1.78. The Bertz CT molecular complexity index is 391. The van der Waals surface area contributed by atoms with Gasteiger partial charge in [0.2, 0.25) is 0 Å². The van der Waals surface area contributed by atoms with Crippen molar-refractivity contribution in [3.05, 3.63) is 28.6 Å². The molecule has 0 amide bonds. The van der Waals surface area contributed by atoms with Gasteiger partial charge in [0.25, 0.3) is 0 Å². The van der Waals surface area contributed by atoms with Crippen LogP contribution >= 0.6 is 0 Å². The summed E-state index contributed by atoms with van der Waals surface area (Å²) in [6.45, 7) is 5.09. The number of aliphatic hydroxyl groups is 1. The second-order valence-corrected chi connectivity index (χ2v) is 4.08. The maximum Gasteiger partial charge on any atom is 0.135 e. The Morgan fingerprint density at radius 1 is 1.38 bits per heavy atom. The van der Waals surface area contributed by atoms with Crippen LogP contribution in [0, 0.1) is 19.7 Å². The number of aryl methyl sites for hydroxylation is 2. The number of benzene rings is 1. The van der Waals surface area contributed by atoms with Crippen LogP contribution in [-0.4, -0.2) is 18.3 Å². The minimum absolute atomic E-state index is 0.148. The molecule has 0 radical (unpaired) electrons. The number of nitrogens with two attached hydrogens (primary N) is 1. The predicted octanol–water partition coefficient (Wildman–Crippen LogP) is 1.83. The molecule has 16 heavy (non-hydrogen) atoms. The average molecular weight is 227 g/mol. The summed E-state index contributed by atoms with van der Waals surface area (Å²) >= 11 is 0. The highest BCUT2D eigenvalue weighted by molar-refractivity contribution is 5.46. The number of hydrogen-bond donors (Lipinski definition) is 2. The number of aliphatic hydroxyl groups excluding tert-OH is 1. The van der Waals surface area contributed by atoms with Crippen molar-refractivity contribution in [2.45, 2.75) is 32.9 Å². The fourth-order valence-corrected chi connectivity index (χ4v) is 1.78. The lowest BCUT2D eigenvalue weighted by Crippen LogP contribution is -2.26. The van der Waals surface area contributed by atoms with E-state index in [9.17, 15) is 9.50 Å². The number of methoxy groups -OCH3 is 1. The maximum atomic E-state index is 13.9. The van der Waals surface area contributed by atoms with Crippen LogP contribution in [0.4, 0.5) is 4.39 Å². The number of hydrogen-bond acceptors (Lipinski definition) is 3. The molecule has 2 atom stereocenters. The Balaban J connectivity index is 3.44. The van der Waals surface area contributed by atoms with Gasteiger partial charge >= 0.3 is 0 Å². The smallest absolute Gasteiger partial charge is 0.135 e. The van der Waals surface area contributed by atoms with E-state index in [1.807, 2.05) is 6.92 Å². The van der Waals surface area contributed by atoms with E-state index in [1.54, 1.807) is 19.9 Å². The van der Waals surface area contributed by atoms with Crippen molar-refractivity contribution < 1.29 is 14.2 Å². The van der Waals surface area contributed by atoms with Crippen molar-refractivity contribution >= 4 is 0 Å². The van der Waals surface area contributed by atoms with Crippen molar-refractivity contribution in [3.8, 4) is 5.75 Å². The largest absolute Gasteiger partial charge is 0.496 e. The third-order valence-corrected chi connectivity index (χ3v) is 2.62. The van der Waals surface area contributed by atoms with Gasteiger partial charge in [0.1, 0.15) is 17.7 Å². The molecule has 2 unspecified atom stereocenters. The Morgan fingerprint density at radius 3 is 2.38 bits per heavy atom. The van der Waals surface area contributed by atoms with Gasteiger partial charge in [-0.25, -0.2) is 4.39 Å². The van der Waals surface area contributed by atoms with Crippen molar-refractivity contribution in [2.75, 3.05) is 7.11 Å². The Kier molecular flexibility index (Phi) is 3.88. The van der Waals surface area contributed by atoms with Crippen LogP contribution in [0.25, 0.3) is 0 Å². The minimum atomic E-state index is -1.06. The number of halogens is 1. The molecular weight excluding hydrogens is 209 g/mol. The zero-order valence-electron chi connectivity index (χ0n) is 10.0. The van der Waals surface area contributed by atoms with E-state index in [0.29, 0.717) is 11.3 Å². The second kappa shape index (κ2) is 4.80. The molecule has 0 saturated heterocycles. The zero-order valence-corrected chi connectivity index (χ0v) is 10.0. The highest BCUT2D eigenvalue weighted by Gasteiger charge is 2.24. The van der Waals surface area contributed by atoms with Gasteiger partial charge in [-0.1, -0.05) is 0 Å². The van der Waals surface area contributed by atoms with Gasteiger partial charge in [-0.2, -0.15) is 0 Å². The molecular formula is C12H18FNO2. The van der Waals surface area contributed by atoms with Crippen molar-refractivity contribution in [3.63, 3.8) is 0 Å².